The van der Waals surface area contributed by atoms with Crippen LogP contribution in [0.15, 0.2) is 62.3 Å². The number of aryl methyl sites for hydroxylation is 1. The fraction of sp³-hybridized carbons (Fsp3) is 0.0588. The molecule has 0 spiro atoms. The Morgan fingerprint density at radius 3 is 2.62 bits per heavy atom. The Balaban J connectivity index is 2.17. The van der Waals surface area contributed by atoms with Gasteiger partial charge in [-0.15, -0.1) is 0 Å². The van der Waals surface area contributed by atoms with Crippen LogP contribution in [0.5, 0.6) is 0 Å². The van der Waals surface area contributed by atoms with Crippen LogP contribution >= 0.6 is 0 Å². The zero-order valence-corrected chi connectivity index (χ0v) is 11.3. The Labute approximate surface area is 119 Å². The first-order valence-corrected chi connectivity index (χ1v) is 6.63. The smallest absolute Gasteiger partial charge is 0.349 e. The highest BCUT2D eigenvalue weighted by molar-refractivity contribution is 6.05. The van der Waals surface area contributed by atoms with E-state index in [1.54, 1.807) is 6.07 Å². The van der Waals surface area contributed by atoms with Crippen molar-refractivity contribution in [3.05, 3.63) is 64.5 Å². The van der Waals surface area contributed by atoms with Gasteiger partial charge in [-0.1, -0.05) is 41.6 Å². The number of fused-ring (bicyclic) bond motifs is 3. The van der Waals surface area contributed by atoms with Crippen LogP contribution in [0.2, 0.25) is 0 Å². The predicted molar refractivity (Wildman–Crippen MR) is 80.2 cm³/mol. The van der Waals surface area contributed by atoms with Crippen molar-refractivity contribution in [3.8, 4) is 11.3 Å². The van der Waals surface area contributed by atoms with E-state index in [9.17, 15) is 4.79 Å². The molecule has 0 saturated heterocycles. The van der Waals surface area contributed by atoms with E-state index in [0.717, 1.165) is 16.5 Å². The fourth-order valence-corrected chi connectivity index (χ4v) is 2.58. The normalized spacial score (nSPS) is 11.3. The predicted octanol–water partition coefficient (Wildman–Crippen LogP) is 3.91. The lowest BCUT2D eigenvalue weighted by molar-refractivity contribution is 0.460. The number of para-hydroxylation sites is 1. The maximum atomic E-state index is 12.3. The highest BCUT2D eigenvalue weighted by atomic mass is 16.5. The Bertz CT molecular complexity index is 1030. The van der Waals surface area contributed by atoms with Crippen molar-refractivity contribution in [1.29, 1.82) is 0 Å². The van der Waals surface area contributed by atoms with Crippen LogP contribution in [0, 0.1) is 6.92 Å². The molecule has 0 aliphatic carbocycles. The van der Waals surface area contributed by atoms with Crippen LogP contribution < -0.4 is 5.63 Å². The van der Waals surface area contributed by atoms with E-state index in [1.807, 2.05) is 49.4 Å². The molecule has 0 bridgehead atoms. The van der Waals surface area contributed by atoms with Gasteiger partial charge in [-0.2, -0.15) is 0 Å². The molecule has 0 amide bonds. The van der Waals surface area contributed by atoms with Gasteiger partial charge in [-0.25, -0.2) is 4.79 Å². The Kier molecular flexibility index (Phi) is 2.44. The molecule has 0 radical (unpaired) electrons. The van der Waals surface area contributed by atoms with Crippen molar-refractivity contribution in [2.75, 3.05) is 0 Å². The monoisotopic (exact) mass is 277 g/mol. The van der Waals surface area contributed by atoms with Crippen molar-refractivity contribution in [2.24, 2.45) is 0 Å². The van der Waals surface area contributed by atoms with Crippen LogP contribution in [0.3, 0.4) is 0 Å². The summed E-state index contributed by atoms with van der Waals surface area (Å²) in [6.07, 6.45) is 0. The number of nitrogens with zero attached hydrogens (tertiary/aromatic N) is 1. The summed E-state index contributed by atoms with van der Waals surface area (Å²) in [5.41, 5.74) is 2.98. The van der Waals surface area contributed by atoms with Gasteiger partial charge >= 0.3 is 5.63 Å². The number of rotatable bonds is 1. The largest absolute Gasteiger partial charge is 0.422 e. The third-order valence-corrected chi connectivity index (χ3v) is 3.63. The van der Waals surface area contributed by atoms with Crippen LogP contribution in [0.25, 0.3) is 33.2 Å². The van der Waals surface area contributed by atoms with E-state index in [0.29, 0.717) is 22.2 Å². The Morgan fingerprint density at radius 2 is 1.76 bits per heavy atom. The third kappa shape index (κ3) is 1.69. The molecule has 0 aliphatic rings. The van der Waals surface area contributed by atoms with Crippen molar-refractivity contribution < 1.29 is 8.94 Å². The van der Waals surface area contributed by atoms with Gasteiger partial charge in [0.25, 0.3) is 0 Å². The highest BCUT2D eigenvalue weighted by Gasteiger charge is 2.19. The van der Waals surface area contributed by atoms with E-state index in [4.69, 9.17) is 8.94 Å². The summed E-state index contributed by atoms with van der Waals surface area (Å²) in [5, 5.41) is 5.24. The maximum Gasteiger partial charge on any atom is 0.349 e. The minimum absolute atomic E-state index is 0.392. The molecule has 0 aliphatic heterocycles. The van der Waals surface area contributed by atoms with Crippen LogP contribution in [0.1, 0.15) is 5.56 Å². The van der Waals surface area contributed by atoms with Gasteiger partial charge in [0.05, 0.1) is 5.39 Å². The van der Waals surface area contributed by atoms with E-state index >= 15 is 0 Å². The molecule has 2 heterocycles. The summed E-state index contributed by atoms with van der Waals surface area (Å²) in [6.45, 7) is 1.97. The molecular weight excluding hydrogens is 266 g/mol. The fourth-order valence-electron chi connectivity index (χ4n) is 2.58. The van der Waals surface area contributed by atoms with Crippen LogP contribution in [-0.4, -0.2) is 5.16 Å². The molecular formula is C17H11NO3. The molecule has 2 aromatic heterocycles. The van der Waals surface area contributed by atoms with Gasteiger partial charge in [0.2, 0.25) is 0 Å². The summed E-state index contributed by atoms with van der Waals surface area (Å²) >= 11 is 0. The van der Waals surface area contributed by atoms with Crippen LogP contribution in [0.4, 0.5) is 0 Å². The summed E-state index contributed by atoms with van der Waals surface area (Å²) in [4.78, 5) is 12.3. The molecule has 4 heteroatoms. The Morgan fingerprint density at radius 1 is 1.00 bits per heavy atom. The average molecular weight is 277 g/mol. The van der Waals surface area contributed by atoms with Gasteiger partial charge < -0.3 is 8.94 Å². The van der Waals surface area contributed by atoms with Gasteiger partial charge in [-0.3, -0.25) is 0 Å². The van der Waals surface area contributed by atoms with Gasteiger partial charge in [0.1, 0.15) is 16.7 Å². The van der Waals surface area contributed by atoms with E-state index in [1.165, 1.54) is 0 Å². The minimum atomic E-state index is -0.428. The van der Waals surface area contributed by atoms with E-state index in [-0.39, 0.29) is 0 Å². The van der Waals surface area contributed by atoms with Crippen LogP contribution in [-0.2, 0) is 0 Å². The first-order chi connectivity index (χ1) is 10.3. The second-order valence-electron chi connectivity index (χ2n) is 4.94. The SMILES string of the molecule is Cc1ccccc1-c1noc2c1c(=O)oc1ccccc12. The Hall–Kier alpha value is -2.88. The maximum absolute atomic E-state index is 12.3. The first kappa shape index (κ1) is 11.9. The molecule has 4 nitrogen and oxygen atoms in total. The lowest BCUT2D eigenvalue weighted by Crippen LogP contribution is -2.00. The summed E-state index contributed by atoms with van der Waals surface area (Å²) in [7, 11) is 0. The zero-order valence-electron chi connectivity index (χ0n) is 11.3. The molecule has 0 saturated carbocycles. The van der Waals surface area contributed by atoms with Crippen molar-refractivity contribution in [1.82, 2.24) is 5.16 Å². The van der Waals surface area contributed by atoms with Crippen molar-refractivity contribution in [2.45, 2.75) is 6.92 Å². The van der Waals surface area contributed by atoms with Gasteiger partial charge in [0, 0.05) is 5.56 Å². The summed E-state index contributed by atoms with van der Waals surface area (Å²) in [6, 6.07) is 15.0. The molecule has 4 aromatic rings. The quantitative estimate of drug-likeness (QED) is 0.495. The summed E-state index contributed by atoms with van der Waals surface area (Å²) in [5.74, 6) is 0. The molecule has 4 rings (SSSR count). The number of benzene rings is 2. The molecule has 2 aromatic carbocycles. The zero-order chi connectivity index (χ0) is 14.4. The second-order valence-corrected chi connectivity index (χ2v) is 4.94. The number of hydrogen-bond acceptors (Lipinski definition) is 4. The van der Waals surface area contributed by atoms with Gasteiger partial charge in [0.15, 0.2) is 5.58 Å². The molecule has 0 N–H and O–H groups in total. The standard InChI is InChI=1S/C17H11NO3/c1-10-6-2-3-7-11(10)15-14-16(21-18-15)12-8-4-5-9-13(12)20-17(14)19/h2-9H,1H3. The third-order valence-electron chi connectivity index (χ3n) is 3.63. The lowest BCUT2D eigenvalue weighted by Gasteiger charge is -2.01. The summed E-state index contributed by atoms with van der Waals surface area (Å²) < 4.78 is 10.8. The molecule has 0 fully saturated rings. The second kappa shape index (κ2) is 4.31. The average Bonchev–Trinajstić information content (AvgIpc) is 2.93. The van der Waals surface area contributed by atoms with Crippen molar-refractivity contribution >= 4 is 21.9 Å². The lowest BCUT2D eigenvalue weighted by atomic mass is 10.0. The van der Waals surface area contributed by atoms with Crippen molar-refractivity contribution in [3.63, 3.8) is 0 Å². The molecule has 102 valence electrons. The topological polar surface area (TPSA) is 56.2 Å². The minimum Gasteiger partial charge on any atom is -0.422 e. The molecule has 21 heavy (non-hydrogen) atoms. The van der Waals surface area contributed by atoms with E-state index in [2.05, 4.69) is 5.16 Å². The first-order valence-electron chi connectivity index (χ1n) is 6.63. The number of aromatic nitrogens is 1. The highest BCUT2D eigenvalue weighted by Crippen LogP contribution is 2.31. The number of hydrogen-bond donors (Lipinski definition) is 0. The van der Waals surface area contributed by atoms with E-state index < -0.39 is 5.63 Å². The molecule has 0 unspecified atom stereocenters. The molecule has 0 atom stereocenters. The van der Waals surface area contributed by atoms with Gasteiger partial charge in [-0.05, 0) is 24.6 Å².